The lowest BCUT2D eigenvalue weighted by atomic mass is 10.0. The van der Waals surface area contributed by atoms with Gasteiger partial charge in [0.25, 0.3) is 0 Å². The fourth-order valence-corrected chi connectivity index (χ4v) is 5.83. The molecule has 9 nitrogen and oxygen atoms in total. The minimum atomic E-state index is 0.520. The van der Waals surface area contributed by atoms with Gasteiger partial charge in [-0.05, 0) is 68.5 Å². The minimum Gasteiger partial charge on any atom is -0.341 e. The molecule has 0 spiro atoms. The van der Waals surface area contributed by atoms with Crippen molar-refractivity contribution in [1.82, 2.24) is 39.8 Å². The van der Waals surface area contributed by atoms with E-state index in [4.69, 9.17) is 15.1 Å². The van der Waals surface area contributed by atoms with Gasteiger partial charge >= 0.3 is 0 Å². The van der Waals surface area contributed by atoms with Gasteiger partial charge in [0.1, 0.15) is 5.82 Å². The zero-order chi connectivity index (χ0) is 26.0. The van der Waals surface area contributed by atoms with Gasteiger partial charge in [0, 0.05) is 48.3 Å². The molecule has 0 amide bonds. The topological polar surface area (TPSA) is 103 Å². The Morgan fingerprint density at radius 3 is 2.79 bits per heavy atom. The molecule has 7 rings (SSSR count). The second-order valence-electron chi connectivity index (χ2n) is 10.8. The molecule has 4 heterocycles. The van der Waals surface area contributed by atoms with Crippen molar-refractivity contribution in [2.24, 2.45) is 7.05 Å². The van der Waals surface area contributed by atoms with E-state index in [0.717, 1.165) is 59.2 Å². The van der Waals surface area contributed by atoms with Gasteiger partial charge in [0.2, 0.25) is 5.95 Å². The first-order chi connectivity index (χ1) is 18.5. The number of fused-ring (bicyclic) bond motifs is 2. The van der Waals surface area contributed by atoms with Crippen LogP contribution in [0.15, 0.2) is 36.5 Å². The van der Waals surface area contributed by atoms with Crippen molar-refractivity contribution < 1.29 is 0 Å². The number of anilines is 2. The summed E-state index contributed by atoms with van der Waals surface area (Å²) >= 11 is 0. The van der Waals surface area contributed by atoms with E-state index in [2.05, 4.69) is 76.5 Å². The van der Waals surface area contributed by atoms with Gasteiger partial charge in [-0.2, -0.15) is 10.1 Å². The monoisotopic (exact) mass is 507 g/mol. The number of nitrogens with one attached hydrogen (secondary N) is 3. The molecule has 9 heteroatoms. The van der Waals surface area contributed by atoms with Gasteiger partial charge in [0.05, 0.1) is 23.1 Å². The molecule has 194 valence electrons. The summed E-state index contributed by atoms with van der Waals surface area (Å²) in [6.07, 6.45) is 5.34. The highest BCUT2D eigenvalue weighted by molar-refractivity contribution is 5.89. The maximum atomic E-state index is 4.98. The van der Waals surface area contributed by atoms with E-state index in [0.29, 0.717) is 17.8 Å². The molecular weight excluding hydrogens is 474 g/mol. The number of aryl methyl sites for hydroxylation is 2. The van der Waals surface area contributed by atoms with Crippen molar-refractivity contribution in [3.05, 3.63) is 59.0 Å². The summed E-state index contributed by atoms with van der Waals surface area (Å²) in [6, 6.07) is 11.1. The predicted octanol–water partition coefficient (Wildman–Crippen LogP) is 5.44. The number of rotatable bonds is 6. The Morgan fingerprint density at radius 2 is 2.00 bits per heavy atom. The first-order valence-electron chi connectivity index (χ1n) is 13.6. The fraction of sp³-hybridized carbons (Fsp3) is 0.379. The van der Waals surface area contributed by atoms with Crippen LogP contribution in [0.1, 0.15) is 55.1 Å². The smallest absolute Gasteiger partial charge is 0.225 e. The maximum absolute atomic E-state index is 4.98. The summed E-state index contributed by atoms with van der Waals surface area (Å²) in [5, 5.41) is 16.8. The van der Waals surface area contributed by atoms with Crippen LogP contribution in [0, 0.1) is 6.92 Å². The first-order valence-corrected chi connectivity index (χ1v) is 13.6. The van der Waals surface area contributed by atoms with Crippen molar-refractivity contribution in [1.29, 1.82) is 0 Å². The van der Waals surface area contributed by atoms with Gasteiger partial charge in [-0.15, -0.1) is 5.10 Å². The third kappa shape index (κ3) is 3.89. The van der Waals surface area contributed by atoms with Crippen LogP contribution in [0.5, 0.6) is 0 Å². The van der Waals surface area contributed by atoms with E-state index in [1.165, 1.54) is 35.2 Å². The number of aromatic nitrogens is 7. The van der Waals surface area contributed by atoms with E-state index in [9.17, 15) is 0 Å². The zero-order valence-corrected chi connectivity index (χ0v) is 22.3. The summed E-state index contributed by atoms with van der Waals surface area (Å²) in [6.45, 7) is 8.62. The Kier molecular flexibility index (Phi) is 5.36. The van der Waals surface area contributed by atoms with Gasteiger partial charge in [-0.3, -0.25) is 10.00 Å². The number of H-pyrrole nitrogens is 2. The molecule has 1 fully saturated rings. The van der Waals surface area contributed by atoms with Gasteiger partial charge < -0.3 is 10.3 Å². The van der Waals surface area contributed by atoms with Crippen LogP contribution in [-0.2, 0) is 20.0 Å². The van der Waals surface area contributed by atoms with Crippen molar-refractivity contribution >= 4 is 22.5 Å². The first kappa shape index (κ1) is 23.2. The normalized spacial score (nSPS) is 17.7. The predicted molar refractivity (Wildman–Crippen MR) is 149 cm³/mol. The minimum absolute atomic E-state index is 0.520. The van der Waals surface area contributed by atoms with Crippen LogP contribution < -0.4 is 5.32 Å². The van der Waals surface area contributed by atoms with Crippen molar-refractivity contribution in [2.45, 2.75) is 58.5 Å². The lowest BCUT2D eigenvalue weighted by Crippen LogP contribution is -2.38. The van der Waals surface area contributed by atoms with Crippen LogP contribution in [0.3, 0.4) is 0 Å². The molecule has 0 bridgehead atoms. The molecule has 2 aliphatic rings. The van der Waals surface area contributed by atoms with Crippen molar-refractivity contribution in [3.8, 4) is 22.8 Å². The summed E-state index contributed by atoms with van der Waals surface area (Å²) in [5.74, 6) is 2.94. The largest absolute Gasteiger partial charge is 0.341 e. The Bertz CT molecular complexity index is 1650. The average molecular weight is 508 g/mol. The molecule has 1 atom stereocenters. The summed E-state index contributed by atoms with van der Waals surface area (Å²) in [4.78, 5) is 15.9. The molecule has 3 N–H and O–H groups in total. The summed E-state index contributed by atoms with van der Waals surface area (Å²) in [7, 11) is 1.93. The molecule has 2 aromatic carbocycles. The van der Waals surface area contributed by atoms with E-state index in [-0.39, 0.29) is 0 Å². The fourth-order valence-electron chi connectivity index (χ4n) is 5.83. The average Bonchev–Trinajstić information content (AvgIpc) is 3.30. The number of hydrogen-bond donors (Lipinski definition) is 3. The standard InChI is InChI=1S/C29H33N9/c1-5-38-15-25-24(13-17(38)3)31-28(32-25)20-9-8-19(12-16(20)2)27-34-29(37(4)36-27)33-23-11-10-22-21(14-30-35-22)26(23)18-6-7-18/h8-12,14,17-18H,5-7,13,15H2,1-4H3,(H,30,35)(H,31,32)(H,33,34,36). The lowest BCUT2D eigenvalue weighted by Gasteiger charge is -2.31. The van der Waals surface area contributed by atoms with E-state index < -0.39 is 0 Å². The van der Waals surface area contributed by atoms with Crippen LogP contribution in [0.2, 0.25) is 0 Å². The zero-order valence-electron chi connectivity index (χ0n) is 22.3. The number of nitrogens with zero attached hydrogens (tertiary/aromatic N) is 6. The molecule has 5 aromatic rings. The maximum Gasteiger partial charge on any atom is 0.225 e. The number of hydrogen-bond acceptors (Lipinski definition) is 6. The SMILES string of the molecule is CCN1Cc2[nH]c(-c3ccc(-c4nc(Nc5ccc6[nH]ncc6c5C5CC5)n(C)n4)cc3C)nc2CC1C. The van der Waals surface area contributed by atoms with Crippen molar-refractivity contribution in [2.75, 3.05) is 11.9 Å². The quantitative estimate of drug-likeness (QED) is 0.283. The second kappa shape index (κ2) is 8.80. The van der Waals surface area contributed by atoms with Crippen molar-refractivity contribution in [3.63, 3.8) is 0 Å². The Balaban J connectivity index is 1.17. The van der Waals surface area contributed by atoms with Crippen LogP contribution in [-0.4, -0.2) is 52.4 Å². The van der Waals surface area contributed by atoms with Gasteiger partial charge in [0.15, 0.2) is 5.82 Å². The Labute approximate surface area is 221 Å². The highest BCUT2D eigenvalue weighted by atomic mass is 15.4. The number of likely N-dealkylation sites (N-methyl/N-ethyl adjacent to an activating group) is 1. The molecule has 1 aliphatic carbocycles. The summed E-state index contributed by atoms with van der Waals surface area (Å²) < 4.78 is 1.82. The highest BCUT2D eigenvalue weighted by Gasteiger charge is 2.29. The molecule has 1 unspecified atom stereocenters. The van der Waals surface area contributed by atoms with Crippen LogP contribution >= 0.6 is 0 Å². The number of benzene rings is 2. The number of aromatic amines is 2. The molecule has 38 heavy (non-hydrogen) atoms. The summed E-state index contributed by atoms with van der Waals surface area (Å²) in [5.41, 5.74) is 9.16. The van der Waals surface area contributed by atoms with Crippen LogP contribution in [0.25, 0.3) is 33.7 Å². The van der Waals surface area contributed by atoms with Crippen LogP contribution in [0.4, 0.5) is 11.6 Å². The molecule has 0 radical (unpaired) electrons. The molecule has 0 saturated heterocycles. The van der Waals surface area contributed by atoms with E-state index in [1.807, 2.05) is 17.9 Å². The third-order valence-electron chi connectivity index (χ3n) is 8.14. The molecule has 3 aromatic heterocycles. The van der Waals surface area contributed by atoms with Gasteiger partial charge in [-0.25, -0.2) is 9.67 Å². The van der Waals surface area contributed by atoms with E-state index >= 15 is 0 Å². The highest BCUT2D eigenvalue weighted by Crippen LogP contribution is 2.47. The Hall–Kier alpha value is -3.98. The van der Waals surface area contributed by atoms with Gasteiger partial charge in [-0.1, -0.05) is 19.1 Å². The van der Waals surface area contributed by atoms with E-state index in [1.54, 1.807) is 0 Å². The third-order valence-corrected chi connectivity index (χ3v) is 8.14. The molecular formula is C29H33N9. The second-order valence-corrected chi connectivity index (χ2v) is 10.8. The number of imidazole rings is 1. The Morgan fingerprint density at radius 1 is 1.13 bits per heavy atom. The lowest BCUT2D eigenvalue weighted by molar-refractivity contribution is 0.191. The molecule has 1 aliphatic heterocycles. The molecule has 1 saturated carbocycles.